The van der Waals surface area contributed by atoms with Crippen LogP contribution in [0.1, 0.15) is 108 Å². The molecule has 0 radical (unpaired) electrons. The fraction of sp³-hybridized carbons (Fsp3) is 0.491. The molecule has 0 spiro atoms. The highest BCUT2D eigenvalue weighted by molar-refractivity contribution is 7.13. The minimum atomic E-state index is -0.814. The maximum Gasteiger partial charge on any atom is 0.243 e. The van der Waals surface area contributed by atoms with E-state index in [0.29, 0.717) is 34.5 Å². The molecule has 6 atom stereocenters. The molecule has 2 aromatic carbocycles. The van der Waals surface area contributed by atoms with Gasteiger partial charge in [-0.2, -0.15) is 0 Å². The van der Waals surface area contributed by atoms with Crippen LogP contribution in [0.2, 0.25) is 0 Å². The zero-order chi connectivity index (χ0) is 52.6. The number of nitrogens with one attached hydrogen (secondary N) is 1. The van der Waals surface area contributed by atoms with Gasteiger partial charge in [0.1, 0.15) is 23.8 Å². The highest BCUT2D eigenvalue weighted by atomic mass is 32.1. The van der Waals surface area contributed by atoms with Gasteiger partial charge < -0.3 is 54.9 Å². The number of phenolic OH excluding ortho intramolecular Hbond substituents is 1. The number of piperidine rings is 1. The number of aromatic hydroxyl groups is 1. The number of anilines is 4. The van der Waals surface area contributed by atoms with Crippen molar-refractivity contribution in [2.24, 2.45) is 5.92 Å². The molecule has 4 saturated heterocycles. The number of likely N-dealkylation sites (tertiary alicyclic amines) is 1. The number of pyridine rings is 1. The molecule has 11 rings (SSSR count). The maximum atomic E-state index is 14.4. The van der Waals surface area contributed by atoms with Gasteiger partial charge in [0, 0.05) is 80.8 Å². The zero-order valence-corrected chi connectivity index (χ0v) is 44.5. The van der Waals surface area contributed by atoms with Gasteiger partial charge in [-0.1, -0.05) is 55.4 Å². The second-order valence-corrected chi connectivity index (χ2v) is 22.6. The SMILES string of the molecule is Cc1ncsc1-c1ccc([C@H](C)NC(=O)[C@@H]2C[C@@H](O)CN2C(=O)[C@@H](c2cc(N3CCC(OC4CCC(Oc5cc(N6C7CCC6CN(c6cc(-c8ccccc8O)nnc6N)C7)ccn5)CC4)CC3)no2)C(C)C)cc1. The predicted octanol–water partition coefficient (Wildman–Crippen LogP) is 8.06. The van der Waals surface area contributed by atoms with E-state index in [-0.39, 0.29) is 72.9 Å². The number of para-hydroxylation sites is 1. The molecule has 1 saturated carbocycles. The number of carbonyl (C=O) groups excluding carboxylic acids is 2. The molecule has 4 aromatic heterocycles. The van der Waals surface area contributed by atoms with E-state index >= 15 is 0 Å². The maximum absolute atomic E-state index is 14.4. The summed E-state index contributed by atoms with van der Waals surface area (Å²) in [7, 11) is 0. The molecule has 2 bridgehead atoms. The van der Waals surface area contributed by atoms with Gasteiger partial charge in [0.15, 0.2) is 17.4 Å². The van der Waals surface area contributed by atoms with Crippen LogP contribution in [0.25, 0.3) is 21.7 Å². The van der Waals surface area contributed by atoms with E-state index in [1.807, 2.05) is 87.9 Å². The number of β-amino-alcohol motifs (C(OH)–C–C–N with tert-alkyl or cyclic N) is 1. The van der Waals surface area contributed by atoms with Crippen molar-refractivity contribution >= 4 is 46.2 Å². The van der Waals surface area contributed by atoms with E-state index in [1.54, 1.807) is 23.5 Å². The predicted molar refractivity (Wildman–Crippen MR) is 291 cm³/mol. The number of aliphatic hydroxyl groups excluding tert-OH is 1. The van der Waals surface area contributed by atoms with Crippen molar-refractivity contribution in [3.63, 3.8) is 0 Å². The molecular weight excluding hydrogens is 983 g/mol. The minimum absolute atomic E-state index is 0.0667. The summed E-state index contributed by atoms with van der Waals surface area (Å²) < 4.78 is 19.2. The van der Waals surface area contributed by atoms with Gasteiger partial charge in [0.05, 0.1) is 51.8 Å². The summed E-state index contributed by atoms with van der Waals surface area (Å²) in [5.41, 5.74) is 14.4. The molecule has 6 aromatic rings. The normalized spacial score (nSPS) is 23.8. The van der Waals surface area contributed by atoms with Crippen molar-refractivity contribution in [2.45, 2.75) is 140 Å². The quantitative estimate of drug-likeness (QED) is 0.0764. The molecule has 8 heterocycles. The van der Waals surface area contributed by atoms with Crippen molar-refractivity contribution in [3.05, 3.63) is 102 Å². The van der Waals surface area contributed by atoms with Gasteiger partial charge in [-0.25, -0.2) is 9.97 Å². The highest BCUT2D eigenvalue weighted by Crippen LogP contribution is 2.41. The number of aliphatic hydroxyl groups is 1. The van der Waals surface area contributed by atoms with Crippen LogP contribution in [0.3, 0.4) is 0 Å². The first-order valence-corrected chi connectivity index (χ1v) is 27.9. The van der Waals surface area contributed by atoms with Crippen molar-refractivity contribution in [1.29, 1.82) is 0 Å². The number of aryl methyl sites for hydroxylation is 1. The smallest absolute Gasteiger partial charge is 0.243 e. The molecule has 2 amide bonds. The average molecular weight is 1050 g/mol. The first-order chi connectivity index (χ1) is 36.8. The lowest BCUT2D eigenvalue weighted by molar-refractivity contribution is -0.141. The molecule has 400 valence electrons. The fourth-order valence-electron chi connectivity index (χ4n) is 12.3. The zero-order valence-electron chi connectivity index (χ0n) is 43.7. The number of amides is 2. The van der Waals surface area contributed by atoms with Crippen molar-refractivity contribution in [2.75, 3.05) is 53.2 Å². The van der Waals surface area contributed by atoms with Crippen LogP contribution >= 0.6 is 11.3 Å². The fourth-order valence-corrected chi connectivity index (χ4v) is 13.1. The third kappa shape index (κ3) is 10.8. The van der Waals surface area contributed by atoms with E-state index < -0.39 is 18.1 Å². The van der Waals surface area contributed by atoms with Gasteiger partial charge in [-0.15, -0.1) is 21.5 Å². The van der Waals surface area contributed by atoms with E-state index in [2.05, 4.69) is 57.5 Å². The molecule has 19 heteroatoms. The summed E-state index contributed by atoms with van der Waals surface area (Å²) in [5.74, 6) is 0.959. The Hall–Kier alpha value is -6.83. The molecule has 76 heavy (non-hydrogen) atoms. The number of hydrogen-bond acceptors (Lipinski definition) is 17. The summed E-state index contributed by atoms with van der Waals surface area (Å²) in [6.45, 7) is 11.0. The molecule has 5 N–H and O–H groups in total. The highest BCUT2D eigenvalue weighted by Gasteiger charge is 2.44. The number of fused-ring (bicyclic) bond motifs is 2. The van der Waals surface area contributed by atoms with Gasteiger partial charge in [-0.3, -0.25) is 9.59 Å². The number of nitrogens with zero attached hydrogens (tertiary/aromatic N) is 9. The van der Waals surface area contributed by atoms with Gasteiger partial charge >= 0.3 is 0 Å². The number of aromatic nitrogens is 5. The first-order valence-electron chi connectivity index (χ1n) is 27.1. The number of piperazine rings is 1. The monoisotopic (exact) mass is 1050 g/mol. The van der Waals surface area contributed by atoms with E-state index in [4.69, 9.17) is 19.7 Å². The Labute approximate surface area is 447 Å². The lowest BCUT2D eigenvalue weighted by Crippen LogP contribution is -2.54. The van der Waals surface area contributed by atoms with Crippen LogP contribution in [0.4, 0.5) is 23.0 Å². The summed E-state index contributed by atoms with van der Waals surface area (Å²) in [4.78, 5) is 46.9. The van der Waals surface area contributed by atoms with Gasteiger partial charge in [0.2, 0.25) is 17.7 Å². The van der Waals surface area contributed by atoms with E-state index in [9.17, 15) is 19.8 Å². The average Bonchev–Trinajstić information content (AvgIpc) is 4.25. The van der Waals surface area contributed by atoms with Crippen LogP contribution in [0, 0.1) is 12.8 Å². The Balaban J connectivity index is 0.638. The number of carbonyl (C=O) groups is 2. The topological polar surface area (TPSA) is 222 Å². The second kappa shape index (κ2) is 22.0. The van der Waals surface area contributed by atoms with Gasteiger partial charge in [-0.05, 0) is 107 Å². The third-order valence-corrected chi connectivity index (χ3v) is 17.3. The molecule has 4 aliphatic heterocycles. The van der Waals surface area contributed by atoms with E-state index in [0.717, 1.165) is 111 Å². The van der Waals surface area contributed by atoms with Crippen LogP contribution in [-0.4, -0.2) is 128 Å². The first kappa shape index (κ1) is 51.3. The van der Waals surface area contributed by atoms with Crippen LogP contribution in [0.15, 0.2) is 89.0 Å². The Bertz CT molecular complexity index is 2980. The Kier molecular flexibility index (Phi) is 14.9. The van der Waals surface area contributed by atoms with Crippen LogP contribution < -0.4 is 30.5 Å². The molecule has 5 fully saturated rings. The summed E-state index contributed by atoms with van der Waals surface area (Å²) in [6.07, 6.45) is 9.04. The van der Waals surface area contributed by atoms with Crippen molar-refractivity contribution in [1.82, 2.24) is 35.5 Å². The van der Waals surface area contributed by atoms with Crippen molar-refractivity contribution < 1.29 is 33.8 Å². The number of nitrogen functional groups attached to an aromatic ring is 1. The van der Waals surface area contributed by atoms with Crippen LogP contribution in [0.5, 0.6) is 11.6 Å². The summed E-state index contributed by atoms with van der Waals surface area (Å²) in [6, 6.07) is 22.7. The number of phenols is 1. The number of hydrogen-bond donors (Lipinski definition) is 4. The van der Waals surface area contributed by atoms with Crippen LogP contribution in [-0.2, 0) is 14.3 Å². The van der Waals surface area contributed by atoms with E-state index in [1.165, 1.54) is 4.90 Å². The second-order valence-electron chi connectivity index (χ2n) is 21.7. The number of thiazole rings is 1. The third-order valence-electron chi connectivity index (χ3n) is 16.3. The Morgan fingerprint density at radius 3 is 2.28 bits per heavy atom. The summed E-state index contributed by atoms with van der Waals surface area (Å²) >= 11 is 1.60. The molecule has 1 aliphatic carbocycles. The molecule has 2 unspecified atom stereocenters. The Morgan fingerprint density at radius 1 is 0.842 bits per heavy atom. The molecule has 5 aliphatic rings. The number of ether oxygens (including phenoxy) is 2. The van der Waals surface area contributed by atoms with Gasteiger partial charge in [0.25, 0.3) is 0 Å². The summed E-state index contributed by atoms with van der Waals surface area (Å²) in [5, 5.41) is 37.4. The lowest BCUT2D eigenvalue weighted by Gasteiger charge is -2.43. The number of benzene rings is 2. The standard InChI is InChI=1S/C57H69N11O7S/c1-33(2)53(57(72)67-31-41(69)26-48(67)56(71)61-34(3)36-9-11-37(12-10-36)54-35(4)60-32-76-54)50-28-51(64-75-50)65-23-20-44(21-24-65)73-42-15-17-43(18-16-42)74-52-25-38(19-22-59-52)68-39-13-14-40(68)30-66(29-39)47-27-46(62-63-55(47)58)45-7-5-6-8-49(45)70/h5-12,19,22,25,27-28,32-34,39-44,48,53,69-70H,13-18,20-21,23-24,26,29-31H2,1-4H3,(H2,58,63)(H,61,71)/t34-,39?,40?,41+,42?,43?,48-,53+/m0/s1. The lowest BCUT2D eigenvalue weighted by atomic mass is 9.91. The minimum Gasteiger partial charge on any atom is -0.507 e. The van der Waals surface area contributed by atoms with Crippen molar-refractivity contribution in [3.8, 4) is 33.3 Å². The number of rotatable bonds is 15. The largest absolute Gasteiger partial charge is 0.507 e. The molecular formula is C57H69N11O7S. The molecule has 18 nitrogen and oxygen atoms in total. The Morgan fingerprint density at radius 2 is 1.57 bits per heavy atom. The number of nitrogens with two attached hydrogens (primary N) is 1.